The van der Waals surface area contributed by atoms with Gasteiger partial charge in [0.1, 0.15) is 5.82 Å². The smallest absolute Gasteiger partial charge is 0.282 e. The Hall–Kier alpha value is -1.87. The lowest BCUT2D eigenvalue weighted by Gasteiger charge is -2.07. The predicted molar refractivity (Wildman–Crippen MR) is 69.8 cm³/mol. The van der Waals surface area contributed by atoms with Crippen molar-refractivity contribution in [3.8, 4) is 0 Å². The minimum absolute atomic E-state index is 0.0291. The summed E-state index contributed by atoms with van der Waals surface area (Å²) in [6.07, 6.45) is 4.48. The highest BCUT2D eigenvalue weighted by Gasteiger charge is 2.20. The van der Waals surface area contributed by atoms with Crippen molar-refractivity contribution in [2.24, 2.45) is 12.8 Å². The predicted octanol–water partition coefficient (Wildman–Crippen LogP) is -0.104. The second kappa shape index (κ2) is 5.02. The highest BCUT2D eigenvalue weighted by molar-refractivity contribution is 7.92. The first-order valence-corrected chi connectivity index (χ1v) is 7.21. The SMILES string of the molecule is CCn1cnc(S(=O)(=O)Nc2c(CN)cnn2C)c1. The number of anilines is 1. The van der Waals surface area contributed by atoms with Gasteiger partial charge in [0.25, 0.3) is 10.0 Å². The zero-order chi connectivity index (χ0) is 14.0. The Morgan fingerprint density at radius 2 is 2.21 bits per heavy atom. The van der Waals surface area contributed by atoms with Crippen molar-refractivity contribution in [1.82, 2.24) is 19.3 Å². The summed E-state index contributed by atoms with van der Waals surface area (Å²) in [7, 11) is -2.09. The second-order valence-corrected chi connectivity index (χ2v) is 5.62. The van der Waals surface area contributed by atoms with Crippen molar-refractivity contribution in [3.63, 3.8) is 0 Å². The summed E-state index contributed by atoms with van der Waals surface area (Å²) in [5.74, 6) is 0.355. The molecule has 0 saturated carbocycles. The van der Waals surface area contributed by atoms with Crippen molar-refractivity contribution in [1.29, 1.82) is 0 Å². The van der Waals surface area contributed by atoms with Gasteiger partial charge >= 0.3 is 0 Å². The summed E-state index contributed by atoms with van der Waals surface area (Å²) >= 11 is 0. The number of hydrogen-bond acceptors (Lipinski definition) is 5. The molecular formula is C10H16N6O2S. The molecule has 0 aromatic carbocycles. The molecule has 0 bridgehead atoms. The number of nitrogens with zero attached hydrogens (tertiary/aromatic N) is 4. The Balaban J connectivity index is 2.33. The zero-order valence-corrected chi connectivity index (χ0v) is 11.6. The quantitative estimate of drug-likeness (QED) is 0.797. The van der Waals surface area contributed by atoms with E-state index in [0.717, 1.165) is 0 Å². The Morgan fingerprint density at radius 1 is 1.47 bits per heavy atom. The third-order valence-electron chi connectivity index (χ3n) is 2.72. The van der Waals surface area contributed by atoms with E-state index in [-0.39, 0.29) is 11.6 Å². The second-order valence-electron chi connectivity index (χ2n) is 3.99. The van der Waals surface area contributed by atoms with Crippen LogP contribution in [-0.2, 0) is 30.2 Å². The van der Waals surface area contributed by atoms with Gasteiger partial charge < -0.3 is 10.3 Å². The Bertz CT molecular complexity index is 672. The van der Waals surface area contributed by atoms with E-state index in [1.807, 2.05) is 6.92 Å². The summed E-state index contributed by atoms with van der Waals surface area (Å²) in [4.78, 5) is 3.88. The lowest BCUT2D eigenvalue weighted by molar-refractivity contribution is 0.597. The van der Waals surface area contributed by atoms with Crippen molar-refractivity contribution in [2.45, 2.75) is 25.0 Å². The van der Waals surface area contributed by atoms with Gasteiger partial charge in [-0.1, -0.05) is 0 Å². The number of aryl methyl sites for hydroxylation is 2. The number of rotatable bonds is 5. The van der Waals surface area contributed by atoms with Crippen LogP contribution in [0.3, 0.4) is 0 Å². The molecule has 8 nitrogen and oxygen atoms in total. The molecule has 0 radical (unpaired) electrons. The van der Waals surface area contributed by atoms with Gasteiger partial charge in [-0.3, -0.25) is 9.40 Å². The highest BCUT2D eigenvalue weighted by atomic mass is 32.2. The fourth-order valence-corrected chi connectivity index (χ4v) is 2.68. The number of sulfonamides is 1. The average Bonchev–Trinajstić information content (AvgIpc) is 2.98. The molecule has 104 valence electrons. The number of nitrogens with one attached hydrogen (secondary N) is 1. The number of aromatic nitrogens is 4. The van der Waals surface area contributed by atoms with E-state index in [0.29, 0.717) is 17.9 Å². The first-order valence-electron chi connectivity index (χ1n) is 5.73. The summed E-state index contributed by atoms with van der Waals surface area (Å²) in [6.45, 7) is 2.76. The maximum atomic E-state index is 12.2. The molecule has 19 heavy (non-hydrogen) atoms. The van der Waals surface area contributed by atoms with E-state index < -0.39 is 10.0 Å². The van der Waals surface area contributed by atoms with Crippen molar-refractivity contribution in [2.75, 3.05) is 4.72 Å². The van der Waals surface area contributed by atoms with Crippen LogP contribution in [0.15, 0.2) is 23.7 Å². The summed E-state index contributed by atoms with van der Waals surface area (Å²) in [5, 5.41) is 3.94. The fourth-order valence-electron chi connectivity index (χ4n) is 1.59. The molecule has 0 atom stereocenters. The molecular weight excluding hydrogens is 268 g/mol. The van der Waals surface area contributed by atoms with Crippen LogP contribution in [0, 0.1) is 0 Å². The molecule has 0 unspecified atom stereocenters. The number of imidazole rings is 1. The third-order valence-corrected chi connectivity index (χ3v) is 3.94. The van der Waals surface area contributed by atoms with E-state index in [2.05, 4.69) is 14.8 Å². The molecule has 0 saturated heterocycles. The van der Waals surface area contributed by atoms with Gasteiger partial charge in [-0.2, -0.15) is 13.5 Å². The van der Waals surface area contributed by atoms with Gasteiger partial charge in [0.15, 0.2) is 5.03 Å². The fraction of sp³-hybridized carbons (Fsp3) is 0.400. The molecule has 0 fully saturated rings. The summed E-state index contributed by atoms with van der Waals surface area (Å²) < 4.78 is 29.9. The molecule has 2 aromatic rings. The Kier molecular flexibility index (Phi) is 3.58. The zero-order valence-electron chi connectivity index (χ0n) is 10.7. The topological polar surface area (TPSA) is 108 Å². The van der Waals surface area contributed by atoms with Crippen molar-refractivity contribution in [3.05, 3.63) is 24.3 Å². The largest absolute Gasteiger partial charge is 0.336 e. The van der Waals surface area contributed by atoms with Gasteiger partial charge in [0.05, 0.1) is 12.5 Å². The lowest BCUT2D eigenvalue weighted by atomic mass is 10.3. The van der Waals surface area contributed by atoms with Crippen LogP contribution in [0.4, 0.5) is 5.82 Å². The van der Waals surface area contributed by atoms with Crippen molar-refractivity contribution < 1.29 is 8.42 Å². The molecule has 0 aliphatic carbocycles. The van der Waals surface area contributed by atoms with Crippen LogP contribution in [0.25, 0.3) is 0 Å². The van der Waals surface area contributed by atoms with Gasteiger partial charge in [-0.25, -0.2) is 4.98 Å². The standard InChI is InChI=1S/C10H16N6O2S/c1-3-16-6-9(12-7-16)19(17,18)14-10-8(4-11)5-13-15(10)2/h5-7,14H,3-4,11H2,1-2H3. The molecule has 0 amide bonds. The molecule has 2 rings (SSSR count). The van der Waals surface area contributed by atoms with E-state index >= 15 is 0 Å². The molecule has 2 aromatic heterocycles. The van der Waals surface area contributed by atoms with Gasteiger partial charge in [0, 0.05) is 31.9 Å². The van der Waals surface area contributed by atoms with Gasteiger partial charge in [0.2, 0.25) is 0 Å². The first kappa shape index (κ1) is 13.6. The van der Waals surface area contributed by atoms with Gasteiger partial charge in [-0.05, 0) is 6.92 Å². The van der Waals surface area contributed by atoms with Crippen molar-refractivity contribution >= 4 is 15.8 Å². The van der Waals surface area contributed by atoms with Crippen LogP contribution >= 0.6 is 0 Å². The van der Waals surface area contributed by atoms with E-state index in [4.69, 9.17) is 5.73 Å². The Labute approximate surface area is 111 Å². The van der Waals surface area contributed by atoms with E-state index in [9.17, 15) is 8.42 Å². The van der Waals surface area contributed by atoms with Crippen LogP contribution < -0.4 is 10.5 Å². The van der Waals surface area contributed by atoms with Crippen LogP contribution in [0.5, 0.6) is 0 Å². The molecule has 3 N–H and O–H groups in total. The molecule has 0 aliphatic rings. The third kappa shape index (κ3) is 2.61. The van der Waals surface area contributed by atoms with Crippen LogP contribution in [0.2, 0.25) is 0 Å². The minimum Gasteiger partial charge on any atom is -0.336 e. The van der Waals surface area contributed by atoms with Crippen LogP contribution in [0.1, 0.15) is 12.5 Å². The average molecular weight is 284 g/mol. The number of nitrogens with two attached hydrogens (primary N) is 1. The monoisotopic (exact) mass is 284 g/mol. The summed E-state index contributed by atoms with van der Waals surface area (Å²) in [5.41, 5.74) is 6.17. The molecule has 2 heterocycles. The lowest BCUT2D eigenvalue weighted by Crippen LogP contribution is -2.17. The maximum Gasteiger partial charge on any atom is 0.282 e. The normalized spacial score (nSPS) is 11.7. The van der Waals surface area contributed by atoms with E-state index in [1.165, 1.54) is 23.4 Å². The van der Waals surface area contributed by atoms with Crippen LogP contribution in [-0.4, -0.2) is 27.7 Å². The highest BCUT2D eigenvalue weighted by Crippen LogP contribution is 2.18. The maximum absolute atomic E-state index is 12.2. The first-order chi connectivity index (χ1) is 8.97. The van der Waals surface area contributed by atoms with Gasteiger partial charge in [-0.15, -0.1) is 0 Å². The number of hydrogen-bond donors (Lipinski definition) is 2. The molecule has 0 spiro atoms. The molecule has 0 aliphatic heterocycles. The minimum atomic E-state index is -3.73. The summed E-state index contributed by atoms with van der Waals surface area (Å²) in [6, 6.07) is 0. The molecule has 9 heteroatoms. The Morgan fingerprint density at radius 3 is 2.79 bits per heavy atom. The van der Waals surface area contributed by atoms with E-state index in [1.54, 1.807) is 11.6 Å².